The van der Waals surface area contributed by atoms with E-state index in [9.17, 15) is 4.79 Å². The summed E-state index contributed by atoms with van der Waals surface area (Å²) < 4.78 is 3.32. The van der Waals surface area contributed by atoms with Crippen LogP contribution in [0.4, 0.5) is 0 Å². The molecule has 0 fully saturated rings. The van der Waals surface area contributed by atoms with Gasteiger partial charge in [0, 0.05) is 14.7 Å². The number of aldehydes is 1. The maximum absolute atomic E-state index is 10.6. The summed E-state index contributed by atoms with van der Waals surface area (Å²) in [4.78, 5) is 10.6. The van der Waals surface area contributed by atoms with Crippen molar-refractivity contribution in [3.63, 3.8) is 0 Å². The van der Waals surface area contributed by atoms with Crippen LogP contribution < -0.4 is 0 Å². The fourth-order valence-electron chi connectivity index (χ4n) is 1.14. The summed E-state index contributed by atoms with van der Waals surface area (Å²) in [5, 5.41) is 1.14. The predicted octanol–water partition coefficient (Wildman–Crippen LogP) is 4.08. The van der Waals surface area contributed by atoms with E-state index in [-0.39, 0.29) is 0 Å². The molecule has 1 heterocycles. The number of fused-ring (bicyclic) bond motifs is 1. The van der Waals surface area contributed by atoms with Crippen LogP contribution in [0.15, 0.2) is 22.7 Å². The first kappa shape index (κ1) is 9.61. The molecule has 13 heavy (non-hydrogen) atoms. The summed E-state index contributed by atoms with van der Waals surface area (Å²) in [5.41, 5.74) is 0.710. The highest BCUT2D eigenvalue weighted by Gasteiger charge is 2.04. The lowest BCUT2D eigenvalue weighted by Crippen LogP contribution is -1.80. The van der Waals surface area contributed by atoms with E-state index < -0.39 is 0 Å². The van der Waals surface area contributed by atoms with E-state index in [1.165, 1.54) is 7.58 Å². The number of thiophene rings is 1. The van der Waals surface area contributed by atoms with Crippen molar-refractivity contribution < 1.29 is 4.79 Å². The highest BCUT2D eigenvalue weighted by Crippen LogP contribution is 2.30. The lowest BCUT2D eigenvalue weighted by Gasteiger charge is -1.95. The summed E-state index contributed by atoms with van der Waals surface area (Å²) in [6.45, 7) is 0. The molecule has 1 aromatic carbocycles. The quantitative estimate of drug-likeness (QED) is 0.549. The zero-order valence-electron chi connectivity index (χ0n) is 6.38. The van der Waals surface area contributed by atoms with E-state index in [4.69, 9.17) is 0 Å². The lowest BCUT2D eigenvalue weighted by atomic mass is 10.2. The molecule has 1 aromatic heterocycles. The van der Waals surface area contributed by atoms with E-state index >= 15 is 0 Å². The molecule has 1 nitrogen and oxygen atoms in total. The fraction of sp³-hybridized carbons (Fsp3) is 0. The molecule has 0 aliphatic rings. The van der Waals surface area contributed by atoms with Gasteiger partial charge in [-0.25, -0.2) is 0 Å². The molecular formula is C9H4BrIOS. The standard InChI is InChI=1S/C9H4BrIOS/c10-7-3-8-5(1-6(7)4-12)2-9(11)13-8/h1-4H. The van der Waals surface area contributed by atoms with E-state index in [0.29, 0.717) is 5.56 Å². The van der Waals surface area contributed by atoms with Crippen LogP contribution in [0.25, 0.3) is 10.1 Å². The van der Waals surface area contributed by atoms with Crippen molar-refractivity contribution in [2.75, 3.05) is 0 Å². The van der Waals surface area contributed by atoms with Crippen molar-refractivity contribution in [1.29, 1.82) is 0 Å². The van der Waals surface area contributed by atoms with Crippen LogP contribution in [0.5, 0.6) is 0 Å². The number of hydrogen-bond donors (Lipinski definition) is 0. The number of rotatable bonds is 1. The van der Waals surface area contributed by atoms with Crippen molar-refractivity contribution in [3.05, 3.63) is 31.1 Å². The minimum absolute atomic E-state index is 0.710. The molecular weight excluding hydrogens is 363 g/mol. The highest BCUT2D eigenvalue weighted by molar-refractivity contribution is 14.1. The van der Waals surface area contributed by atoms with E-state index in [1.807, 2.05) is 12.1 Å². The van der Waals surface area contributed by atoms with Crippen molar-refractivity contribution in [1.82, 2.24) is 0 Å². The number of carbonyl (C=O) groups excluding carboxylic acids is 1. The largest absolute Gasteiger partial charge is 0.298 e. The van der Waals surface area contributed by atoms with Gasteiger partial charge < -0.3 is 0 Å². The highest BCUT2D eigenvalue weighted by atomic mass is 127. The average Bonchev–Trinajstić information content (AvgIpc) is 2.42. The zero-order valence-corrected chi connectivity index (χ0v) is 10.9. The Hall–Kier alpha value is 0.0600. The van der Waals surface area contributed by atoms with Gasteiger partial charge in [-0.3, -0.25) is 4.79 Å². The third-order valence-electron chi connectivity index (χ3n) is 1.73. The second-order valence-corrected chi connectivity index (χ2v) is 6.41. The molecule has 0 amide bonds. The molecule has 2 rings (SSSR count). The van der Waals surface area contributed by atoms with Crippen molar-refractivity contribution in [3.8, 4) is 0 Å². The first-order chi connectivity index (χ1) is 6.20. The molecule has 0 aliphatic heterocycles. The molecule has 2 aromatic rings. The Kier molecular flexibility index (Phi) is 2.71. The van der Waals surface area contributed by atoms with Crippen LogP contribution in [0.2, 0.25) is 0 Å². The number of benzene rings is 1. The predicted molar refractivity (Wildman–Crippen MR) is 67.6 cm³/mol. The van der Waals surface area contributed by atoms with Gasteiger partial charge in [0.2, 0.25) is 0 Å². The van der Waals surface area contributed by atoms with Gasteiger partial charge in [-0.05, 0) is 46.2 Å². The van der Waals surface area contributed by atoms with Gasteiger partial charge in [0.1, 0.15) is 0 Å². The van der Waals surface area contributed by atoms with Gasteiger partial charge in [-0.15, -0.1) is 11.3 Å². The third kappa shape index (κ3) is 1.80. The Balaban J connectivity index is 2.79. The van der Waals surface area contributed by atoms with Gasteiger partial charge >= 0.3 is 0 Å². The third-order valence-corrected chi connectivity index (χ3v) is 4.28. The summed E-state index contributed by atoms with van der Waals surface area (Å²) in [5.74, 6) is 0. The number of carbonyl (C=O) groups is 1. The molecule has 0 N–H and O–H groups in total. The number of hydrogen-bond acceptors (Lipinski definition) is 2. The minimum atomic E-state index is 0.710. The van der Waals surface area contributed by atoms with Crippen LogP contribution in [-0.2, 0) is 0 Å². The van der Waals surface area contributed by atoms with E-state index in [2.05, 4.69) is 44.6 Å². The summed E-state index contributed by atoms with van der Waals surface area (Å²) in [6.07, 6.45) is 0.869. The smallest absolute Gasteiger partial charge is 0.151 e. The van der Waals surface area contributed by atoms with Crippen molar-refractivity contribution >= 4 is 66.2 Å². The molecule has 0 spiro atoms. The Labute approximate surface area is 101 Å². The lowest BCUT2D eigenvalue weighted by molar-refractivity contribution is 0.112. The Morgan fingerprint density at radius 3 is 2.85 bits per heavy atom. The van der Waals surface area contributed by atoms with Crippen LogP contribution in [0.1, 0.15) is 10.4 Å². The summed E-state index contributed by atoms with van der Waals surface area (Å²) in [6, 6.07) is 5.98. The molecule has 0 radical (unpaired) electrons. The normalized spacial score (nSPS) is 10.6. The molecule has 66 valence electrons. The molecule has 0 saturated heterocycles. The second-order valence-electron chi connectivity index (χ2n) is 2.58. The summed E-state index contributed by atoms with van der Waals surface area (Å²) in [7, 11) is 0. The molecule has 0 saturated carbocycles. The van der Waals surface area contributed by atoms with E-state index in [1.54, 1.807) is 11.3 Å². The first-order valence-corrected chi connectivity index (χ1v) is 6.23. The Morgan fingerprint density at radius 2 is 2.15 bits per heavy atom. The van der Waals surface area contributed by atoms with Crippen molar-refractivity contribution in [2.45, 2.75) is 0 Å². The molecule has 0 aliphatic carbocycles. The maximum atomic E-state index is 10.6. The van der Waals surface area contributed by atoms with Gasteiger partial charge in [0.15, 0.2) is 6.29 Å². The molecule has 4 heteroatoms. The first-order valence-electron chi connectivity index (χ1n) is 3.54. The van der Waals surface area contributed by atoms with Crippen LogP contribution in [0, 0.1) is 2.88 Å². The molecule has 0 bridgehead atoms. The summed E-state index contributed by atoms with van der Waals surface area (Å²) >= 11 is 7.37. The van der Waals surface area contributed by atoms with E-state index in [0.717, 1.165) is 16.1 Å². The maximum Gasteiger partial charge on any atom is 0.151 e. The molecule has 0 unspecified atom stereocenters. The van der Waals surface area contributed by atoms with Gasteiger partial charge in [-0.1, -0.05) is 15.9 Å². The zero-order chi connectivity index (χ0) is 9.42. The van der Waals surface area contributed by atoms with Crippen molar-refractivity contribution in [2.24, 2.45) is 0 Å². The van der Waals surface area contributed by atoms with Crippen LogP contribution in [0.3, 0.4) is 0 Å². The second kappa shape index (κ2) is 3.67. The fourth-order valence-corrected chi connectivity index (χ4v) is 3.58. The Morgan fingerprint density at radius 1 is 1.38 bits per heavy atom. The Bertz CT molecular complexity index is 478. The van der Waals surface area contributed by atoms with Crippen LogP contribution in [-0.4, -0.2) is 6.29 Å². The number of halogens is 2. The average molecular weight is 367 g/mol. The topological polar surface area (TPSA) is 17.1 Å². The van der Waals surface area contributed by atoms with Gasteiger partial charge in [0.25, 0.3) is 0 Å². The van der Waals surface area contributed by atoms with Gasteiger partial charge in [-0.2, -0.15) is 0 Å². The monoisotopic (exact) mass is 366 g/mol. The molecule has 0 atom stereocenters. The SMILES string of the molecule is O=Cc1cc2cc(I)sc2cc1Br. The minimum Gasteiger partial charge on any atom is -0.298 e. The van der Waals surface area contributed by atoms with Gasteiger partial charge in [0.05, 0.1) is 2.88 Å². The van der Waals surface area contributed by atoms with Crippen LogP contribution >= 0.6 is 49.9 Å².